The minimum atomic E-state index is -0.278. The summed E-state index contributed by atoms with van der Waals surface area (Å²) in [5.41, 5.74) is 0.665. The van der Waals surface area contributed by atoms with Crippen LogP contribution in [0.1, 0.15) is 32.2 Å². The molecule has 0 radical (unpaired) electrons. The Labute approximate surface area is 139 Å². The van der Waals surface area contributed by atoms with Crippen LogP contribution in [0.15, 0.2) is 18.2 Å². The van der Waals surface area contributed by atoms with Crippen molar-refractivity contribution < 1.29 is 14.6 Å². The largest absolute Gasteiger partial charge is 0.508 e. The summed E-state index contributed by atoms with van der Waals surface area (Å²) < 4.78 is 5.57. The van der Waals surface area contributed by atoms with Crippen molar-refractivity contribution in [1.29, 1.82) is 0 Å². The predicted molar refractivity (Wildman–Crippen MR) is 85.5 cm³/mol. The Hall–Kier alpha value is -2.64. The molecule has 1 aromatic heterocycles. The number of nitrogens with one attached hydrogen (secondary N) is 1. The van der Waals surface area contributed by atoms with Gasteiger partial charge in [0.2, 0.25) is 5.91 Å². The van der Waals surface area contributed by atoms with Crippen molar-refractivity contribution in [2.45, 2.75) is 39.3 Å². The van der Waals surface area contributed by atoms with Crippen LogP contribution in [0.4, 0.5) is 0 Å². The first-order chi connectivity index (χ1) is 11.3. The van der Waals surface area contributed by atoms with Gasteiger partial charge in [-0.25, -0.2) is 0 Å². The Morgan fingerprint density at radius 1 is 1.46 bits per heavy atom. The molecule has 8 heteroatoms. The Balaban J connectivity index is 1.58. The van der Waals surface area contributed by atoms with Gasteiger partial charge in [-0.2, -0.15) is 4.80 Å². The van der Waals surface area contributed by atoms with Gasteiger partial charge >= 0.3 is 0 Å². The van der Waals surface area contributed by atoms with E-state index in [1.165, 1.54) is 4.80 Å². The Kier molecular flexibility index (Phi) is 4.13. The van der Waals surface area contributed by atoms with E-state index in [1.807, 2.05) is 20.8 Å². The third-order valence-corrected chi connectivity index (χ3v) is 3.80. The summed E-state index contributed by atoms with van der Waals surface area (Å²) in [6, 6.07) is 4.94. The van der Waals surface area contributed by atoms with Crippen molar-refractivity contribution in [2.75, 3.05) is 6.61 Å². The fourth-order valence-corrected chi connectivity index (χ4v) is 2.44. The standard InChI is InChI=1S/C16H21N5O3/c1-16(2,3)21-19-14(18-20-21)8-17-15(23)11-6-10-4-5-12(22)7-13(10)24-9-11/h4-5,7,11,22H,6,8-9H2,1-3H3,(H,17,23). The van der Waals surface area contributed by atoms with Gasteiger partial charge in [0.1, 0.15) is 18.1 Å². The minimum Gasteiger partial charge on any atom is -0.508 e. The number of phenolic OH excluding ortho intramolecular Hbond substituents is 1. The van der Waals surface area contributed by atoms with E-state index in [-0.39, 0.29) is 36.3 Å². The van der Waals surface area contributed by atoms with E-state index in [1.54, 1.807) is 18.2 Å². The first kappa shape index (κ1) is 16.2. The van der Waals surface area contributed by atoms with Crippen LogP contribution in [0, 0.1) is 5.92 Å². The fourth-order valence-electron chi connectivity index (χ4n) is 2.44. The van der Waals surface area contributed by atoms with Crippen molar-refractivity contribution in [3.05, 3.63) is 29.6 Å². The number of phenols is 1. The maximum absolute atomic E-state index is 12.3. The van der Waals surface area contributed by atoms with Gasteiger partial charge in [-0.05, 0) is 44.0 Å². The lowest BCUT2D eigenvalue weighted by atomic mass is 9.96. The van der Waals surface area contributed by atoms with Gasteiger partial charge in [-0.3, -0.25) is 4.79 Å². The molecule has 1 aliphatic rings. The van der Waals surface area contributed by atoms with Crippen LogP contribution in [-0.4, -0.2) is 37.8 Å². The van der Waals surface area contributed by atoms with E-state index < -0.39 is 0 Å². The van der Waals surface area contributed by atoms with Gasteiger partial charge in [0.05, 0.1) is 18.0 Å². The molecule has 0 saturated heterocycles. The first-order valence-corrected chi connectivity index (χ1v) is 7.85. The Bertz CT molecular complexity index is 750. The molecule has 2 aromatic rings. The fraction of sp³-hybridized carbons (Fsp3) is 0.500. The van der Waals surface area contributed by atoms with Crippen molar-refractivity contribution in [1.82, 2.24) is 25.5 Å². The van der Waals surface area contributed by atoms with E-state index >= 15 is 0 Å². The molecule has 24 heavy (non-hydrogen) atoms. The highest BCUT2D eigenvalue weighted by atomic mass is 16.5. The van der Waals surface area contributed by atoms with Crippen LogP contribution >= 0.6 is 0 Å². The summed E-state index contributed by atoms with van der Waals surface area (Å²) in [7, 11) is 0. The molecule has 128 valence electrons. The van der Waals surface area contributed by atoms with Gasteiger partial charge in [0, 0.05) is 6.07 Å². The summed E-state index contributed by atoms with van der Waals surface area (Å²) in [4.78, 5) is 13.9. The number of hydrogen-bond donors (Lipinski definition) is 2. The molecule has 1 aliphatic heterocycles. The summed E-state index contributed by atoms with van der Waals surface area (Å²) >= 11 is 0. The van der Waals surface area contributed by atoms with Crippen LogP contribution in [0.2, 0.25) is 0 Å². The molecule has 1 aromatic carbocycles. The molecule has 0 fully saturated rings. The zero-order chi connectivity index (χ0) is 17.3. The number of aromatic nitrogens is 4. The zero-order valence-electron chi connectivity index (χ0n) is 14.0. The lowest BCUT2D eigenvalue weighted by Crippen LogP contribution is -2.37. The summed E-state index contributed by atoms with van der Waals surface area (Å²) in [5, 5.41) is 24.5. The molecule has 1 atom stereocenters. The number of carbonyl (C=O) groups is 1. The molecule has 1 unspecified atom stereocenters. The lowest BCUT2D eigenvalue weighted by molar-refractivity contribution is -0.126. The average Bonchev–Trinajstić information content (AvgIpc) is 3.01. The first-order valence-electron chi connectivity index (χ1n) is 7.85. The van der Waals surface area contributed by atoms with Crippen LogP contribution in [0.25, 0.3) is 0 Å². The van der Waals surface area contributed by atoms with Gasteiger partial charge in [-0.15, -0.1) is 10.2 Å². The van der Waals surface area contributed by atoms with Crippen molar-refractivity contribution >= 4 is 5.91 Å². The SMILES string of the molecule is CC(C)(C)n1nnc(CNC(=O)C2COc3cc(O)ccc3C2)n1. The van der Waals surface area contributed by atoms with E-state index in [0.717, 1.165) is 5.56 Å². The number of fused-ring (bicyclic) bond motifs is 1. The van der Waals surface area contributed by atoms with Crippen LogP contribution in [0.5, 0.6) is 11.5 Å². The van der Waals surface area contributed by atoms with Crippen molar-refractivity contribution in [3.63, 3.8) is 0 Å². The number of rotatable bonds is 3. The average molecular weight is 331 g/mol. The molecular formula is C16H21N5O3. The molecule has 0 spiro atoms. The summed E-state index contributed by atoms with van der Waals surface area (Å²) in [5.74, 6) is 0.874. The zero-order valence-corrected chi connectivity index (χ0v) is 14.0. The number of nitrogens with zero attached hydrogens (tertiary/aromatic N) is 4. The molecule has 0 aliphatic carbocycles. The maximum atomic E-state index is 12.3. The molecule has 8 nitrogen and oxygen atoms in total. The van der Waals surface area contributed by atoms with Crippen molar-refractivity contribution in [3.8, 4) is 11.5 Å². The quantitative estimate of drug-likeness (QED) is 0.870. The van der Waals surface area contributed by atoms with E-state index in [4.69, 9.17) is 4.74 Å². The number of amides is 1. The van der Waals surface area contributed by atoms with Gasteiger partial charge in [0.15, 0.2) is 5.82 Å². The van der Waals surface area contributed by atoms with Gasteiger partial charge in [0.25, 0.3) is 0 Å². The third kappa shape index (κ3) is 3.47. The van der Waals surface area contributed by atoms with Gasteiger partial charge in [-0.1, -0.05) is 6.07 Å². The lowest BCUT2D eigenvalue weighted by Gasteiger charge is -2.24. The molecule has 1 amide bonds. The normalized spacial score (nSPS) is 17.0. The second-order valence-corrected chi connectivity index (χ2v) is 6.89. The highest BCUT2D eigenvalue weighted by Crippen LogP contribution is 2.30. The van der Waals surface area contributed by atoms with E-state index in [9.17, 15) is 9.90 Å². The summed E-state index contributed by atoms with van der Waals surface area (Å²) in [6.45, 7) is 6.45. The highest BCUT2D eigenvalue weighted by molar-refractivity contribution is 5.79. The number of hydrogen-bond acceptors (Lipinski definition) is 6. The predicted octanol–water partition coefficient (Wildman–Crippen LogP) is 1.00. The number of ether oxygens (including phenoxy) is 1. The number of benzene rings is 1. The minimum absolute atomic E-state index is 0.110. The number of aromatic hydroxyl groups is 1. The molecule has 2 N–H and O–H groups in total. The smallest absolute Gasteiger partial charge is 0.227 e. The van der Waals surface area contributed by atoms with E-state index in [2.05, 4.69) is 20.7 Å². The maximum Gasteiger partial charge on any atom is 0.227 e. The summed E-state index contributed by atoms with van der Waals surface area (Å²) in [6.07, 6.45) is 0.573. The topological polar surface area (TPSA) is 102 Å². The monoisotopic (exact) mass is 331 g/mol. The molecular weight excluding hydrogens is 310 g/mol. The number of tetrazole rings is 1. The van der Waals surface area contributed by atoms with Gasteiger partial charge < -0.3 is 15.2 Å². The van der Waals surface area contributed by atoms with Crippen LogP contribution in [0.3, 0.4) is 0 Å². The van der Waals surface area contributed by atoms with E-state index in [0.29, 0.717) is 18.0 Å². The second-order valence-electron chi connectivity index (χ2n) is 6.89. The number of carbonyl (C=O) groups excluding carboxylic acids is 1. The molecule has 3 rings (SSSR count). The van der Waals surface area contributed by atoms with Crippen LogP contribution < -0.4 is 10.1 Å². The Morgan fingerprint density at radius 3 is 2.96 bits per heavy atom. The van der Waals surface area contributed by atoms with Crippen LogP contribution in [-0.2, 0) is 23.3 Å². The molecule has 0 saturated carbocycles. The molecule has 0 bridgehead atoms. The molecule has 2 heterocycles. The third-order valence-electron chi connectivity index (χ3n) is 3.80. The highest BCUT2D eigenvalue weighted by Gasteiger charge is 2.26. The Morgan fingerprint density at radius 2 is 2.25 bits per heavy atom. The second kappa shape index (κ2) is 6.10. The van der Waals surface area contributed by atoms with Crippen molar-refractivity contribution in [2.24, 2.45) is 5.92 Å².